The number of nitrogens with zero attached hydrogens (tertiary/aromatic N) is 3. The van der Waals surface area contributed by atoms with Crippen molar-refractivity contribution in [3.63, 3.8) is 0 Å². The van der Waals surface area contributed by atoms with Crippen molar-refractivity contribution in [2.45, 2.75) is 0 Å². The quantitative estimate of drug-likeness (QED) is 0.220. The molecule has 0 aromatic rings. The molecule has 8 heavy (non-hydrogen) atoms. The van der Waals surface area contributed by atoms with Crippen LogP contribution in [0.5, 0.6) is 0 Å². The molecule has 0 spiro atoms. The van der Waals surface area contributed by atoms with E-state index in [0.717, 1.165) is 0 Å². The van der Waals surface area contributed by atoms with Crippen LogP contribution in [0.1, 0.15) is 0 Å². The van der Waals surface area contributed by atoms with E-state index in [1.54, 1.807) is 6.07 Å². The van der Waals surface area contributed by atoms with Crippen LogP contribution in [0, 0.1) is 16.5 Å². The lowest BCUT2D eigenvalue weighted by atomic mass is 10.8. The Balaban J connectivity index is 3.49. The molecule has 5 heteroatoms. The first-order chi connectivity index (χ1) is 3.81. The summed E-state index contributed by atoms with van der Waals surface area (Å²) in [7, 11) is 1.24. The Morgan fingerprint density at radius 1 is 2.00 bits per heavy atom. The summed E-state index contributed by atoms with van der Waals surface area (Å²) < 4.78 is 0. The van der Waals surface area contributed by atoms with Gasteiger partial charge in [-0.2, -0.15) is 5.26 Å². The standard InChI is InChI=1S/C3H5N3O2/c1-8-5-6(7)3-2-4/h3H2,1H3/b6-5-. The van der Waals surface area contributed by atoms with Gasteiger partial charge in [-0.1, -0.05) is 0 Å². The van der Waals surface area contributed by atoms with E-state index in [2.05, 4.69) is 10.1 Å². The van der Waals surface area contributed by atoms with Crippen LogP contribution in [-0.2, 0) is 4.84 Å². The van der Waals surface area contributed by atoms with Crippen LogP contribution >= 0.6 is 0 Å². The van der Waals surface area contributed by atoms with Crippen LogP contribution in [0.15, 0.2) is 5.28 Å². The lowest BCUT2D eigenvalue weighted by Gasteiger charge is -1.88. The van der Waals surface area contributed by atoms with Gasteiger partial charge in [0.25, 0.3) is 6.54 Å². The zero-order chi connectivity index (χ0) is 6.41. The van der Waals surface area contributed by atoms with Crippen LogP contribution in [0.2, 0.25) is 0 Å². The van der Waals surface area contributed by atoms with Gasteiger partial charge < -0.3 is 10.0 Å². The van der Waals surface area contributed by atoms with Crippen molar-refractivity contribution < 1.29 is 9.70 Å². The molecule has 0 aromatic carbocycles. The van der Waals surface area contributed by atoms with Gasteiger partial charge in [-0.25, -0.2) is 0 Å². The highest BCUT2D eigenvalue weighted by Gasteiger charge is 1.87. The van der Waals surface area contributed by atoms with Crippen molar-refractivity contribution in [2.24, 2.45) is 5.28 Å². The monoisotopic (exact) mass is 115 g/mol. The largest absolute Gasteiger partial charge is 0.596 e. The minimum atomic E-state index is -0.298. The van der Waals surface area contributed by atoms with Crippen LogP contribution in [0.4, 0.5) is 0 Å². The summed E-state index contributed by atoms with van der Waals surface area (Å²) in [6.45, 7) is -0.298. The second-order valence-corrected chi connectivity index (χ2v) is 0.933. The van der Waals surface area contributed by atoms with Gasteiger partial charge in [0.2, 0.25) is 5.28 Å². The lowest BCUT2D eigenvalue weighted by molar-refractivity contribution is -0.546. The molecule has 0 bridgehead atoms. The first-order valence-corrected chi connectivity index (χ1v) is 1.87. The zero-order valence-corrected chi connectivity index (χ0v) is 4.37. The molecule has 44 valence electrons. The zero-order valence-electron chi connectivity index (χ0n) is 4.37. The maximum atomic E-state index is 10.0. The molecule has 0 atom stereocenters. The van der Waals surface area contributed by atoms with Gasteiger partial charge in [-0.05, 0) is 4.86 Å². The van der Waals surface area contributed by atoms with E-state index in [1.165, 1.54) is 7.11 Å². The van der Waals surface area contributed by atoms with Gasteiger partial charge >= 0.3 is 0 Å². The molecule has 0 fully saturated rings. The lowest BCUT2D eigenvalue weighted by Crippen LogP contribution is -1.99. The molecule has 0 heterocycles. The van der Waals surface area contributed by atoms with E-state index in [9.17, 15) is 5.21 Å². The molecule has 0 saturated heterocycles. The molecule has 0 N–H and O–H groups in total. The molecule has 0 aliphatic rings. The highest BCUT2D eigenvalue weighted by atomic mass is 16.7. The fourth-order valence-corrected chi connectivity index (χ4v) is 0.180. The van der Waals surface area contributed by atoms with Crippen LogP contribution in [0.3, 0.4) is 0 Å². The smallest absolute Gasteiger partial charge is 0.268 e. The summed E-state index contributed by atoms with van der Waals surface area (Å²) >= 11 is 0. The SMILES string of the molecule is CO/N=[N+](\[O-])CC#N. The van der Waals surface area contributed by atoms with E-state index in [1.807, 2.05) is 0 Å². The van der Waals surface area contributed by atoms with Gasteiger partial charge in [-0.15, -0.1) is 0 Å². The third-order valence-electron chi connectivity index (χ3n) is 0.379. The van der Waals surface area contributed by atoms with E-state index in [0.29, 0.717) is 0 Å². The first kappa shape index (κ1) is 6.69. The average molecular weight is 115 g/mol. The average Bonchev–Trinajstić information content (AvgIpc) is 1.68. The predicted molar refractivity (Wildman–Crippen MR) is 23.5 cm³/mol. The normalized spacial score (nSPS) is 10.2. The summed E-state index contributed by atoms with van der Waals surface area (Å²) in [6, 6.07) is 1.59. The molecular weight excluding hydrogens is 110 g/mol. The molecule has 0 rings (SSSR count). The molecule has 0 aliphatic heterocycles. The molecule has 0 amide bonds. The minimum absolute atomic E-state index is 0.153. The highest BCUT2D eigenvalue weighted by Crippen LogP contribution is 1.72. The Morgan fingerprint density at radius 2 is 2.62 bits per heavy atom. The minimum Gasteiger partial charge on any atom is -0.596 e. The Hall–Kier alpha value is -1.31. The van der Waals surface area contributed by atoms with Gasteiger partial charge in [-0.3, -0.25) is 0 Å². The van der Waals surface area contributed by atoms with Gasteiger partial charge in [0, 0.05) is 0 Å². The van der Waals surface area contributed by atoms with Crippen molar-refractivity contribution in [2.75, 3.05) is 13.7 Å². The second kappa shape index (κ2) is 3.87. The second-order valence-electron chi connectivity index (χ2n) is 0.933. The summed E-state index contributed by atoms with van der Waals surface area (Å²) in [4.78, 5) is 4.20. The predicted octanol–water partition coefficient (Wildman–Crippen LogP) is 0.0339. The van der Waals surface area contributed by atoms with Crippen molar-refractivity contribution in [1.82, 2.24) is 0 Å². The molecule has 0 unspecified atom stereocenters. The van der Waals surface area contributed by atoms with Crippen molar-refractivity contribution in [3.8, 4) is 6.07 Å². The summed E-state index contributed by atoms with van der Waals surface area (Å²) in [5.74, 6) is 0. The fourth-order valence-electron chi connectivity index (χ4n) is 0.180. The van der Waals surface area contributed by atoms with Gasteiger partial charge in [0.15, 0.2) is 0 Å². The number of rotatable bonds is 2. The van der Waals surface area contributed by atoms with E-state index < -0.39 is 0 Å². The Kier molecular flexibility index (Phi) is 3.23. The van der Waals surface area contributed by atoms with Gasteiger partial charge in [0.1, 0.15) is 13.2 Å². The van der Waals surface area contributed by atoms with Crippen LogP contribution < -0.4 is 0 Å². The third kappa shape index (κ3) is 2.90. The van der Waals surface area contributed by atoms with Crippen molar-refractivity contribution >= 4 is 0 Å². The number of nitriles is 1. The number of hydrogen-bond donors (Lipinski definition) is 0. The van der Waals surface area contributed by atoms with E-state index in [-0.39, 0.29) is 11.4 Å². The van der Waals surface area contributed by atoms with E-state index in [4.69, 9.17) is 5.26 Å². The van der Waals surface area contributed by atoms with Crippen LogP contribution in [0.25, 0.3) is 0 Å². The molecule has 0 radical (unpaired) electrons. The first-order valence-electron chi connectivity index (χ1n) is 1.87. The Bertz CT molecular complexity index is 125. The highest BCUT2D eigenvalue weighted by molar-refractivity contribution is 4.64. The molecule has 0 aromatic heterocycles. The molecule has 0 saturated carbocycles. The van der Waals surface area contributed by atoms with Gasteiger partial charge in [0.05, 0.1) is 0 Å². The fraction of sp³-hybridized carbons (Fsp3) is 0.667. The maximum Gasteiger partial charge on any atom is 0.268 e. The number of hydrogen-bond acceptors (Lipinski definition) is 4. The Morgan fingerprint density at radius 3 is 3.00 bits per heavy atom. The molecular formula is C3H5N3O2. The van der Waals surface area contributed by atoms with Crippen molar-refractivity contribution in [3.05, 3.63) is 5.21 Å². The summed E-state index contributed by atoms with van der Waals surface area (Å²) in [5.41, 5.74) is 0. The maximum absolute atomic E-state index is 10.0. The molecule has 5 nitrogen and oxygen atoms in total. The summed E-state index contributed by atoms with van der Waals surface area (Å²) in [5, 5.41) is 20.8. The topological polar surface area (TPSA) is 71.4 Å². The summed E-state index contributed by atoms with van der Waals surface area (Å²) in [6.07, 6.45) is 0. The number of hydroxylamine groups is 1. The molecule has 0 aliphatic carbocycles. The third-order valence-corrected chi connectivity index (χ3v) is 0.379. The van der Waals surface area contributed by atoms with Crippen molar-refractivity contribution in [1.29, 1.82) is 5.26 Å². The van der Waals surface area contributed by atoms with Crippen LogP contribution in [-0.4, -0.2) is 18.5 Å². The van der Waals surface area contributed by atoms with E-state index >= 15 is 0 Å². The Labute approximate surface area is 46.3 Å².